The van der Waals surface area contributed by atoms with Gasteiger partial charge in [0.2, 0.25) is 11.8 Å². The Morgan fingerprint density at radius 1 is 1.37 bits per heavy atom. The van der Waals surface area contributed by atoms with Gasteiger partial charge in [0.05, 0.1) is 31.1 Å². The molecule has 27 heavy (non-hydrogen) atoms. The van der Waals surface area contributed by atoms with E-state index in [2.05, 4.69) is 26.0 Å². The number of fused-ring (bicyclic) bond motifs is 1. The van der Waals surface area contributed by atoms with Crippen molar-refractivity contribution in [2.75, 3.05) is 26.7 Å². The Hall–Kier alpha value is -2.18. The van der Waals surface area contributed by atoms with Crippen LogP contribution in [0, 0.1) is 25.7 Å². The van der Waals surface area contributed by atoms with Crippen molar-refractivity contribution >= 4 is 11.8 Å². The number of carbonyl (C=O) groups excluding carboxylic acids is 2. The molecule has 6 nitrogen and oxygen atoms in total. The molecule has 6 heteroatoms. The molecule has 1 spiro atoms. The van der Waals surface area contributed by atoms with E-state index in [0.717, 1.165) is 5.56 Å². The van der Waals surface area contributed by atoms with E-state index < -0.39 is 17.4 Å². The number of hydrogen-bond donors (Lipinski definition) is 1. The smallest absolute Gasteiger partial charge is 0.230 e. The van der Waals surface area contributed by atoms with Gasteiger partial charge < -0.3 is 19.6 Å². The first-order chi connectivity index (χ1) is 12.9. The Kier molecular flexibility index (Phi) is 4.35. The van der Waals surface area contributed by atoms with Crippen LogP contribution in [0.5, 0.6) is 0 Å². The lowest BCUT2D eigenvalue weighted by molar-refractivity contribution is -0.142. The van der Waals surface area contributed by atoms with E-state index in [9.17, 15) is 9.59 Å². The lowest BCUT2D eigenvalue weighted by Crippen LogP contribution is -2.45. The maximum Gasteiger partial charge on any atom is 0.230 e. The van der Waals surface area contributed by atoms with E-state index in [1.807, 2.05) is 23.1 Å². The molecule has 4 atom stereocenters. The van der Waals surface area contributed by atoms with Crippen LogP contribution in [0.15, 0.2) is 30.4 Å². The molecular weight excluding hydrogens is 344 g/mol. The number of nitrogens with zero attached hydrogens (tertiary/aromatic N) is 2. The van der Waals surface area contributed by atoms with Gasteiger partial charge in [0.15, 0.2) is 0 Å². The maximum absolute atomic E-state index is 13.2. The maximum atomic E-state index is 13.2. The molecule has 0 aliphatic carbocycles. The van der Waals surface area contributed by atoms with Gasteiger partial charge in [-0.2, -0.15) is 0 Å². The monoisotopic (exact) mass is 370 g/mol. The van der Waals surface area contributed by atoms with Gasteiger partial charge in [0, 0.05) is 20.1 Å². The Bertz CT molecular complexity index is 820. The molecular formula is C21H26N2O4. The molecule has 4 rings (SSSR count). The topological polar surface area (TPSA) is 70.1 Å². The van der Waals surface area contributed by atoms with Crippen LogP contribution in [0.3, 0.4) is 0 Å². The summed E-state index contributed by atoms with van der Waals surface area (Å²) in [5.41, 5.74) is 2.82. The number of amides is 2. The minimum atomic E-state index is -0.693. The minimum Gasteiger partial charge on any atom is -0.395 e. The first-order valence-electron chi connectivity index (χ1n) is 9.44. The lowest BCUT2D eigenvalue weighted by atomic mass is 9.76. The van der Waals surface area contributed by atoms with Crippen LogP contribution in [-0.4, -0.2) is 65.2 Å². The molecule has 0 aromatic heterocycles. The minimum absolute atomic E-state index is 0.0178. The molecule has 0 saturated carbocycles. The predicted molar refractivity (Wildman–Crippen MR) is 99.8 cm³/mol. The molecule has 2 bridgehead atoms. The highest BCUT2D eigenvalue weighted by Crippen LogP contribution is 2.52. The summed E-state index contributed by atoms with van der Waals surface area (Å²) >= 11 is 0. The summed E-state index contributed by atoms with van der Waals surface area (Å²) in [5.74, 6) is -1.14. The van der Waals surface area contributed by atoms with Crippen molar-refractivity contribution in [2.24, 2.45) is 11.8 Å². The largest absolute Gasteiger partial charge is 0.395 e. The fraction of sp³-hybridized carbons (Fsp3) is 0.524. The average molecular weight is 370 g/mol. The number of benzene rings is 1. The molecule has 2 amide bonds. The molecule has 144 valence electrons. The normalized spacial score (nSPS) is 30.9. The van der Waals surface area contributed by atoms with Gasteiger partial charge in [0.1, 0.15) is 5.60 Å². The first kappa shape index (κ1) is 18.2. The number of likely N-dealkylation sites (tertiary alicyclic amines) is 1. The van der Waals surface area contributed by atoms with Crippen LogP contribution in [0.1, 0.15) is 16.7 Å². The summed E-state index contributed by atoms with van der Waals surface area (Å²) in [7, 11) is 1.66. The van der Waals surface area contributed by atoms with Crippen LogP contribution in [-0.2, 0) is 20.9 Å². The number of aryl methyl sites for hydroxylation is 2. The van der Waals surface area contributed by atoms with E-state index >= 15 is 0 Å². The van der Waals surface area contributed by atoms with Gasteiger partial charge in [0.25, 0.3) is 0 Å². The fourth-order valence-electron chi connectivity index (χ4n) is 4.63. The molecule has 3 aliphatic rings. The number of likely N-dealkylation sites (N-methyl/N-ethyl adjacent to an activating group) is 1. The number of hydrogen-bond acceptors (Lipinski definition) is 4. The van der Waals surface area contributed by atoms with Gasteiger partial charge in [-0.3, -0.25) is 9.59 Å². The van der Waals surface area contributed by atoms with Crippen molar-refractivity contribution in [3.63, 3.8) is 0 Å². The van der Waals surface area contributed by atoms with Crippen molar-refractivity contribution < 1.29 is 19.4 Å². The summed E-state index contributed by atoms with van der Waals surface area (Å²) in [6.07, 6.45) is 3.53. The number of ether oxygens (including phenoxy) is 1. The first-order valence-corrected chi connectivity index (χ1v) is 9.44. The van der Waals surface area contributed by atoms with Crippen LogP contribution in [0.25, 0.3) is 0 Å². The van der Waals surface area contributed by atoms with E-state index in [0.29, 0.717) is 13.1 Å². The molecule has 2 saturated heterocycles. The average Bonchev–Trinajstić information content (AvgIpc) is 3.26. The van der Waals surface area contributed by atoms with Crippen LogP contribution < -0.4 is 0 Å². The lowest BCUT2D eigenvalue weighted by Gasteiger charge is -2.27. The molecule has 0 radical (unpaired) electrons. The number of rotatable bonds is 5. The highest BCUT2D eigenvalue weighted by Gasteiger charge is 2.67. The quantitative estimate of drug-likeness (QED) is 0.786. The molecule has 2 fully saturated rings. The van der Waals surface area contributed by atoms with E-state index in [-0.39, 0.29) is 31.1 Å². The Morgan fingerprint density at radius 2 is 2.15 bits per heavy atom. The molecule has 3 aliphatic heterocycles. The molecule has 3 heterocycles. The van der Waals surface area contributed by atoms with Crippen molar-refractivity contribution in [2.45, 2.75) is 32.1 Å². The fourth-order valence-corrected chi connectivity index (χ4v) is 4.63. The Balaban J connectivity index is 1.57. The van der Waals surface area contributed by atoms with Crippen molar-refractivity contribution in [1.29, 1.82) is 0 Å². The second-order valence-electron chi connectivity index (χ2n) is 8.00. The Morgan fingerprint density at radius 3 is 2.85 bits per heavy atom. The second kappa shape index (κ2) is 6.46. The third-order valence-corrected chi connectivity index (χ3v) is 6.22. The van der Waals surface area contributed by atoms with Crippen LogP contribution in [0.4, 0.5) is 0 Å². The van der Waals surface area contributed by atoms with E-state index in [4.69, 9.17) is 9.84 Å². The zero-order valence-corrected chi connectivity index (χ0v) is 16.0. The summed E-state index contributed by atoms with van der Waals surface area (Å²) in [5, 5.41) is 9.13. The SMILES string of the molecule is Cc1ccc(CN2C[C@]34C=C[C@H](O3)[C@@H](C(=O)N(C)CCO)[C@H]4C2=O)cc1C. The number of carbonyl (C=O) groups is 2. The van der Waals surface area contributed by atoms with Crippen molar-refractivity contribution in [3.05, 3.63) is 47.0 Å². The molecule has 1 N–H and O–H groups in total. The summed E-state index contributed by atoms with van der Waals surface area (Å²) in [4.78, 5) is 29.4. The van der Waals surface area contributed by atoms with Gasteiger partial charge in [-0.05, 0) is 30.5 Å². The van der Waals surface area contributed by atoms with Gasteiger partial charge in [-0.25, -0.2) is 0 Å². The molecule has 1 aromatic rings. The van der Waals surface area contributed by atoms with E-state index in [1.54, 1.807) is 7.05 Å². The third kappa shape index (κ3) is 2.78. The standard InChI is InChI=1S/C21H26N2O4/c1-13-4-5-15(10-14(13)2)11-23-12-21-7-6-16(27-21)17(18(21)20(23)26)19(25)22(3)8-9-24/h4-7,10,16-18,24H,8-9,11-12H2,1-3H3/t16-,17+,18-,21-/m0/s1. The summed E-state index contributed by atoms with van der Waals surface area (Å²) in [6, 6.07) is 6.23. The third-order valence-electron chi connectivity index (χ3n) is 6.22. The summed E-state index contributed by atoms with van der Waals surface area (Å²) < 4.78 is 6.14. The zero-order valence-electron chi connectivity index (χ0n) is 16.0. The second-order valence-corrected chi connectivity index (χ2v) is 8.00. The van der Waals surface area contributed by atoms with Crippen molar-refractivity contribution in [3.8, 4) is 0 Å². The zero-order chi connectivity index (χ0) is 19.3. The molecule has 0 unspecified atom stereocenters. The number of aliphatic hydroxyl groups is 1. The van der Waals surface area contributed by atoms with Crippen LogP contribution in [0.2, 0.25) is 0 Å². The highest BCUT2D eigenvalue weighted by molar-refractivity contribution is 5.93. The van der Waals surface area contributed by atoms with Gasteiger partial charge in [-0.1, -0.05) is 30.4 Å². The van der Waals surface area contributed by atoms with Gasteiger partial charge >= 0.3 is 0 Å². The Labute approximate surface area is 159 Å². The van der Waals surface area contributed by atoms with Gasteiger partial charge in [-0.15, -0.1) is 0 Å². The summed E-state index contributed by atoms with van der Waals surface area (Å²) in [6.45, 7) is 5.29. The molecule has 1 aromatic carbocycles. The van der Waals surface area contributed by atoms with E-state index in [1.165, 1.54) is 16.0 Å². The number of aliphatic hydroxyl groups excluding tert-OH is 1. The van der Waals surface area contributed by atoms with Crippen molar-refractivity contribution in [1.82, 2.24) is 9.80 Å². The van der Waals surface area contributed by atoms with Crippen LogP contribution >= 0.6 is 0 Å². The highest BCUT2D eigenvalue weighted by atomic mass is 16.5. The predicted octanol–water partition coefficient (Wildman–Crippen LogP) is 1.04.